The van der Waals surface area contributed by atoms with E-state index in [1.807, 2.05) is 36.4 Å². The number of carbonyl (C=O) groups is 1. The Bertz CT molecular complexity index is 1420. The summed E-state index contributed by atoms with van der Waals surface area (Å²) < 4.78 is 18.7. The van der Waals surface area contributed by atoms with E-state index in [-0.39, 0.29) is 5.69 Å². The second kappa shape index (κ2) is 8.71. The van der Waals surface area contributed by atoms with E-state index in [1.165, 1.54) is 23.5 Å². The third-order valence-electron chi connectivity index (χ3n) is 5.45. The number of unbranched alkanes of at least 4 members (excludes halogenated alkanes) is 1. The number of carboxylic acids is 1. The number of carboxylic acid groups (broad SMARTS) is 1. The van der Waals surface area contributed by atoms with E-state index < -0.39 is 5.97 Å². The highest BCUT2D eigenvalue weighted by molar-refractivity contribution is 7.00. The fourth-order valence-electron chi connectivity index (χ4n) is 3.87. The van der Waals surface area contributed by atoms with Gasteiger partial charge in [0.2, 0.25) is 0 Å². The van der Waals surface area contributed by atoms with Crippen LogP contribution in [-0.4, -0.2) is 38.4 Å². The van der Waals surface area contributed by atoms with Crippen molar-refractivity contribution in [2.45, 2.75) is 39.2 Å². The summed E-state index contributed by atoms with van der Waals surface area (Å²) in [5.74, 6) is -0.969. The minimum Gasteiger partial charge on any atom is -0.477 e. The maximum atomic E-state index is 12.4. The number of nitrogens with zero attached hydrogens (tertiary/aromatic N) is 6. The van der Waals surface area contributed by atoms with Crippen molar-refractivity contribution < 1.29 is 9.90 Å². The molecule has 0 aliphatic rings. The molecular formula is C22H20N6O2S2. The van der Waals surface area contributed by atoms with Crippen LogP contribution in [0, 0.1) is 0 Å². The standard InChI is InChI=1S/C22H20N6O2S2/c1-2-3-4-16-15(9-13-5-7-17-19(10-13)26-31-24-17)21(22(29)30)28(23-16)12-14-6-8-18-20(11-14)27-32-25-18/h5-8,10-11H,2-4,9,12H2,1H3,(H,29,30). The highest BCUT2D eigenvalue weighted by atomic mass is 32.1. The molecule has 162 valence electrons. The summed E-state index contributed by atoms with van der Waals surface area (Å²) in [4.78, 5) is 12.4. The van der Waals surface area contributed by atoms with Crippen LogP contribution in [0.4, 0.5) is 0 Å². The number of rotatable bonds is 8. The molecule has 2 aromatic carbocycles. The van der Waals surface area contributed by atoms with Gasteiger partial charge >= 0.3 is 5.97 Å². The van der Waals surface area contributed by atoms with Crippen molar-refractivity contribution in [1.29, 1.82) is 0 Å². The minimum absolute atomic E-state index is 0.240. The second-order valence-electron chi connectivity index (χ2n) is 7.69. The lowest BCUT2D eigenvalue weighted by Gasteiger charge is -2.07. The van der Waals surface area contributed by atoms with Gasteiger partial charge in [0.05, 0.1) is 35.7 Å². The first kappa shape index (κ1) is 20.7. The Kier molecular flexibility index (Phi) is 5.62. The summed E-state index contributed by atoms with van der Waals surface area (Å²) in [5, 5.41) is 14.9. The number of aryl methyl sites for hydroxylation is 1. The lowest BCUT2D eigenvalue weighted by Crippen LogP contribution is -2.13. The molecule has 0 amide bonds. The number of hydrogen-bond acceptors (Lipinski definition) is 8. The van der Waals surface area contributed by atoms with Crippen LogP contribution in [0.3, 0.4) is 0 Å². The van der Waals surface area contributed by atoms with Gasteiger partial charge in [0, 0.05) is 12.0 Å². The quantitative estimate of drug-likeness (QED) is 0.358. The minimum atomic E-state index is -0.969. The third kappa shape index (κ3) is 3.98. The molecule has 5 aromatic rings. The van der Waals surface area contributed by atoms with Gasteiger partial charge in [0.15, 0.2) is 0 Å². The first-order valence-electron chi connectivity index (χ1n) is 10.4. The number of hydrogen-bond donors (Lipinski definition) is 1. The van der Waals surface area contributed by atoms with Crippen molar-refractivity contribution in [3.05, 3.63) is 64.5 Å². The zero-order valence-corrected chi connectivity index (χ0v) is 19.0. The van der Waals surface area contributed by atoms with Crippen molar-refractivity contribution in [2.75, 3.05) is 0 Å². The highest BCUT2D eigenvalue weighted by Crippen LogP contribution is 2.24. The molecule has 0 unspecified atom stereocenters. The normalized spacial score (nSPS) is 11.5. The molecular weight excluding hydrogens is 444 g/mol. The number of aromatic carboxylic acids is 1. The molecule has 0 fully saturated rings. The van der Waals surface area contributed by atoms with E-state index in [4.69, 9.17) is 5.10 Å². The third-order valence-corrected chi connectivity index (χ3v) is 6.57. The molecule has 3 heterocycles. The van der Waals surface area contributed by atoms with E-state index >= 15 is 0 Å². The Balaban J connectivity index is 1.55. The molecule has 0 aliphatic heterocycles. The van der Waals surface area contributed by atoms with Gasteiger partial charge in [-0.25, -0.2) is 4.79 Å². The summed E-state index contributed by atoms with van der Waals surface area (Å²) in [6.07, 6.45) is 3.20. The zero-order chi connectivity index (χ0) is 22.1. The van der Waals surface area contributed by atoms with Crippen LogP contribution >= 0.6 is 23.5 Å². The van der Waals surface area contributed by atoms with Gasteiger partial charge in [-0.15, -0.1) is 0 Å². The monoisotopic (exact) mass is 464 g/mol. The van der Waals surface area contributed by atoms with Crippen molar-refractivity contribution in [3.63, 3.8) is 0 Å². The smallest absolute Gasteiger partial charge is 0.354 e. The molecule has 3 aromatic heterocycles. The highest BCUT2D eigenvalue weighted by Gasteiger charge is 2.23. The maximum Gasteiger partial charge on any atom is 0.354 e. The lowest BCUT2D eigenvalue weighted by atomic mass is 9.99. The Morgan fingerprint density at radius 3 is 2.22 bits per heavy atom. The van der Waals surface area contributed by atoms with Crippen LogP contribution in [0.2, 0.25) is 0 Å². The Morgan fingerprint density at radius 1 is 0.938 bits per heavy atom. The fraction of sp³-hybridized carbons (Fsp3) is 0.273. The van der Waals surface area contributed by atoms with Crippen molar-refractivity contribution >= 4 is 51.5 Å². The Morgan fingerprint density at radius 2 is 1.56 bits per heavy atom. The van der Waals surface area contributed by atoms with Gasteiger partial charge in [-0.2, -0.15) is 22.6 Å². The summed E-state index contributed by atoms with van der Waals surface area (Å²) in [6, 6.07) is 11.7. The van der Waals surface area contributed by atoms with E-state index in [1.54, 1.807) is 4.68 Å². The average molecular weight is 465 g/mol. The van der Waals surface area contributed by atoms with Crippen molar-refractivity contribution in [1.82, 2.24) is 27.3 Å². The van der Waals surface area contributed by atoms with E-state index in [0.717, 1.165) is 63.7 Å². The van der Waals surface area contributed by atoms with Crippen LogP contribution in [-0.2, 0) is 19.4 Å². The molecule has 0 radical (unpaired) electrons. The predicted molar refractivity (Wildman–Crippen MR) is 125 cm³/mol. The Hall–Kier alpha value is -3.24. The van der Waals surface area contributed by atoms with Gasteiger partial charge in [0.1, 0.15) is 27.8 Å². The van der Waals surface area contributed by atoms with E-state index in [9.17, 15) is 9.90 Å². The summed E-state index contributed by atoms with van der Waals surface area (Å²) in [7, 11) is 0. The first-order chi connectivity index (χ1) is 15.6. The molecule has 0 spiro atoms. The summed E-state index contributed by atoms with van der Waals surface area (Å²) in [6.45, 7) is 2.48. The average Bonchev–Trinajstić information content (AvgIpc) is 3.50. The molecule has 0 saturated heterocycles. The zero-order valence-electron chi connectivity index (χ0n) is 17.4. The topological polar surface area (TPSA) is 107 Å². The van der Waals surface area contributed by atoms with Gasteiger partial charge in [-0.3, -0.25) is 4.68 Å². The second-order valence-corrected chi connectivity index (χ2v) is 8.75. The molecule has 0 aliphatic carbocycles. The van der Waals surface area contributed by atoms with Gasteiger partial charge in [0.25, 0.3) is 0 Å². The summed E-state index contributed by atoms with van der Waals surface area (Å²) >= 11 is 2.35. The largest absolute Gasteiger partial charge is 0.477 e. The number of fused-ring (bicyclic) bond motifs is 2. The molecule has 1 N–H and O–H groups in total. The molecule has 0 bridgehead atoms. The first-order valence-corrected chi connectivity index (χ1v) is 11.8. The Labute approximate surface area is 192 Å². The fourth-order valence-corrected chi connectivity index (χ4v) is 4.91. The molecule has 5 rings (SSSR count). The van der Waals surface area contributed by atoms with Gasteiger partial charge in [-0.05, 0) is 48.2 Å². The molecule has 0 saturated carbocycles. The molecule has 10 heteroatoms. The van der Waals surface area contributed by atoms with Crippen LogP contribution in [0.5, 0.6) is 0 Å². The SMILES string of the molecule is CCCCc1nn(Cc2ccc3nsnc3c2)c(C(=O)O)c1Cc1ccc2nsnc2c1. The van der Waals surface area contributed by atoms with Crippen LogP contribution in [0.1, 0.15) is 52.6 Å². The van der Waals surface area contributed by atoms with Crippen LogP contribution in [0.15, 0.2) is 36.4 Å². The van der Waals surface area contributed by atoms with Gasteiger partial charge < -0.3 is 5.11 Å². The van der Waals surface area contributed by atoms with Crippen molar-refractivity contribution in [2.24, 2.45) is 0 Å². The van der Waals surface area contributed by atoms with Crippen LogP contribution in [0.25, 0.3) is 22.1 Å². The molecule has 32 heavy (non-hydrogen) atoms. The lowest BCUT2D eigenvalue weighted by molar-refractivity contribution is 0.0683. The molecule has 8 nitrogen and oxygen atoms in total. The van der Waals surface area contributed by atoms with E-state index in [0.29, 0.717) is 13.0 Å². The van der Waals surface area contributed by atoms with Crippen molar-refractivity contribution in [3.8, 4) is 0 Å². The maximum absolute atomic E-state index is 12.4. The number of aromatic nitrogens is 6. The van der Waals surface area contributed by atoms with Crippen LogP contribution < -0.4 is 0 Å². The summed E-state index contributed by atoms with van der Waals surface area (Å²) in [5.41, 5.74) is 7.13. The predicted octanol–water partition coefficient (Wildman–Crippen LogP) is 4.57. The number of benzene rings is 2. The van der Waals surface area contributed by atoms with E-state index in [2.05, 4.69) is 24.4 Å². The van der Waals surface area contributed by atoms with Gasteiger partial charge in [-0.1, -0.05) is 25.5 Å². The molecule has 0 atom stereocenters.